The number of hydrogen-bond acceptors (Lipinski definition) is 6. The van der Waals surface area contributed by atoms with Crippen LogP contribution in [0.15, 0.2) is 41.3 Å². The molecule has 0 spiro atoms. The SMILES string of the molecule is CC[C@@H](NC(=O)c1cn(-c2ccc(F)cc2F)c2nc(N3CCC(O)(O)C(F)(F)C3)ccc2c1=O)C(F)(F)F. The Morgan fingerprint density at radius 2 is 1.87 bits per heavy atom. The van der Waals surface area contributed by atoms with Crippen LogP contribution in [-0.2, 0) is 0 Å². The van der Waals surface area contributed by atoms with Crippen LogP contribution in [0.5, 0.6) is 0 Å². The van der Waals surface area contributed by atoms with Crippen LogP contribution in [0.2, 0.25) is 0 Å². The summed E-state index contributed by atoms with van der Waals surface area (Å²) in [5.74, 6) is -11.0. The molecular formula is C24H21F7N4O4. The molecule has 0 saturated carbocycles. The number of nitrogens with one attached hydrogen (secondary N) is 1. The predicted molar refractivity (Wildman–Crippen MR) is 124 cm³/mol. The van der Waals surface area contributed by atoms with Gasteiger partial charge in [-0.1, -0.05) is 6.92 Å². The van der Waals surface area contributed by atoms with Crippen molar-refractivity contribution >= 4 is 22.8 Å². The van der Waals surface area contributed by atoms with E-state index >= 15 is 0 Å². The molecule has 4 rings (SSSR count). The second-order valence-electron chi connectivity index (χ2n) is 9.05. The number of aliphatic hydroxyl groups is 2. The number of anilines is 1. The van der Waals surface area contributed by atoms with Crippen LogP contribution in [0.4, 0.5) is 36.6 Å². The molecular weight excluding hydrogens is 541 g/mol. The van der Waals surface area contributed by atoms with Crippen molar-refractivity contribution in [3.63, 3.8) is 0 Å². The number of carbonyl (C=O) groups is 1. The molecule has 1 aliphatic heterocycles. The van der Waals surface area contributed by atoms with E-state index in [1.165, 1.54) is 0 Å². The Hall–Kier alpha value is -3.72. The van der Waals surface area contributed by atoms with E-state index in [1.807, 2.05) is 0 Å². The summed E-state index contributed by atoms with van der Waals surface area (Å²) in [7, 11) is 0. The summed E-state index contributed by atoms with van der Waals surface area (Å²) < 4.78 is 97.4. The molecule has 1 aromatic carbocycles. The summed E-state index contributed by atoms with van der Waals surface area (Å²) in [6.07, 6.45) is -5.40. The fourth-order valence-electron chi connectivity index (χ4n) is 4.16. The Bertz CT molecular complexity index is 1490. The number of fused-ring (bicyclic) bond motifs is 1. The van der Waals surface area contributed by atoms with Gasteiger partial charge in [0.25, 0.3) is 5.91 Å². The van der Waals surface area contributed by atoms with Gasteiger partial charge in [0.2, 0.25) is 11.2 Å². The van der Waals surface area contributed by atoms with Gasteiger partial charge >= 0.3 is 12.1 Å². The second-order valence-corrected chi connectivity index (χ2v) is 9.05. The van der Waals surface area contributed by atoms with Gasteiger partial charge in [-0.2, -0.15) is 22.0 Å². The summed E-state index contributed by atoms with van der Waals surface area (Å²) in [6, 6.07) is 2.13. The monoisotopic (exact) mass is 562 g/mol. The minimum atomic E-state index is -4.82. The summed E-state index contributed by atoms with van der Waals surface area (Å²) >= 11 is 0. The van der Waals surface area contributed by atoms with Crippen molar-refractivity contribution in [2.24, 2.45) is 0 Å². The van der Waals surface area contributed by atoms with Crippen molar-refractivity contribution < 1.29 is 45.7 Å². The Labute approximate surface area is 215 Å². The number of carbonyl (C=O) groups excluding carboxylic acids is 1. The van der Waals surface area contributed by atoms with Crippen LogP contribution in [0, 0.1) is 11.6 Å². The van der Waals surface area contributed by atoms with Gasteiger partial charge in [-0.25, -0.2) is 13.8 Å². The molecule has 15 heteroatoms. The number of amides is 1. The topological polar surface area (TPSA) is 108 Å². The first kappa shape index (κ1) is 28.3. The summed E-state index contributed by atoms with van der Waals surface area (Å²) in [6.45, 7) is -0.311. The molecule has 1 aliphatic rings. The van der Waals surface area contributed by atoms with Gasteiger partial charge in [-0.3, -0.25) is 14.2 Å². The van der Waals surface area contributed by atoms with Crippen molar-refractivity contribution in [2.75, 3.05) is 18.0 Å². The molecule has 0 unspecified atom stereocenters. The van der Waals surface area contributed by atoms with Gasteiger partial charge < -0.3 is 20.4 Å². The van der Waals surface area contributed by atoms with E-state index in [9.17, 15) is 50.5 Å². The quantitative estimate of drug-likeness (QED) is 0.326. The van der Waals surface area contributed by atoms with Gasteiger partial charge in [0.05, 0.1) is 17.6 Å². The average Bonchev–Trinajstić information content (AvgIpc) is 2.84. The van der Waals surface area contributed by atoms with Gasteiger partial charge in [-0.15, -0.1) is 0 Å². The highest BCUT2D eigenvalue weighted by molar-refractivity contribution is 5.97. The smallest absolute Gasteiger partial charge is 0.361 e. The fourth-order valence-corrected chi connectivity index (χ4v) is 4.16. The molecule has 1 atom stereocenters. The maximum atomic E-state index is 14.8. The maximum absolute atomic E-state index is 14.8. The van der Waals surface area contributed by atoms with Crippen LogP contribution < -0.4 is 15.6 Å². The lowest BCUT2D eigenvalue weighted by Gasteiger charge is -2.41. The number of aromatic nitrogens is 2. The third-order valence-electron chi connectivity index (χ3n) is 6.39. The van der Waals surface area contributed by atoms with Crippen molar-refractivity contribution in [1.82, 2.24) is 14.9 Å². The number of nitrogens with zero attached hydrogens (tertiary/aromatic N) is 3. The Morgan fingerprint density at radius 1 is 1.18 bits per heavy atom. The molecule has 8 nitrogen and oxygen atoms in total. The third-order valence-corrected chi connectivity index (χ3v) is 6.39. The van der Waals surface area contributed by atoms with Gasteiger partial charge in [0.15, 0.2) is 5.65 Å². The number of pyridine rings is 2. The Morgan fingerprint density at radius 3 is 2.46 bits per heavy atom. The van der Waals surface area contributed by atoms with E-state index in [-0.39, 0.29) is 23.4 Å². The lowest BCUT2D eigenvalue weighted by atomic mass is 9.99. The van der Waals surface area contributed by atoms with E-state index in [1.54, 1.807) is 5.32 Å². The highest BCUT2D eigenvalue weighted by Gasteiger charge is 2.55. The van der Waals surface area contributed by atoms with Crippen molar-refractivity contribution in [2.45, 2.75) is 43.7 Å². The number of hydrogen-bond donors (Lipinski definition) is 3. The molecule has 210 valence electrons. The Balaban J connectivity index is 1.89. The molecule has 1 amide bonds. The third kappa shape index (κ3) is 5.28. The van der Waals surface area contributed by atoms with Crippen molar-refractivity contribution in [3.05, 3.63) is 63.9 Å². The summed E-state index contributed by atoms with van der Waals surface area (Å²) in [4.78, 5) is 31.0. The highest BCUT2D eigenvalue weighted by atomic mass is 19.4. The minimum Gasteiger partial charge on any atom is -0.361 e. The number of benzene rings is 1. The molecule has 39 heavy (non-hydrogen) atoms. The van der Waals surface area contributed by atoms with E-state index < -0.39 is 77.5 Å². The maximum Gasteiger partial charge on any atom is 0.408 e. The lowest BCUT2D eigenvalue weighted by molar-refractivity contribution is -0.300. The highest BCUT2D eigenvalue weighted by Crippen LogP contribution is 2.36. The molecule has 0 aliphatic carbocycles. The zero-order valence-electron chi connectivity index (χ0n) is 20.1. The standard InChI is InChI=1S/C24H21F7N4O4/c1-2-17(24(29,30)31)32-21(37)14-10-35(16-5-3-12(25)9-15(16)26)20-13(19(14)36)4-6-18(33-20)34-8-7-23(38,39)22(27,28)11-34/h3-6,9-10,17,38-39H,2,7-8,11H2,1H3,(H,32,37)/t17-/m1/s1. The first-order valence-corrected chi connectivity index (χ1v) is 11.5. The zero-order chi connectivity index (χ0) is 28.9. The lowest BCUT2D eigenvalue weighted by Crippen LogP contribution is -2.60. The number of rotatable bonds is 5. The molecule has 1 fully saturated rings. The Kier molecular flexibility index (Phi) is 7.10. The summed E-state index contributed by atoms with van der Waals surface area (Å²) in [5, 5.41) is 20.5. The largest absolute Gasteiger partial charge is 0.408 e. The van der Waals surface area contributed by atoms with E-state index in [2.05, 4.69) is 4.98 Å². The molecule has 3 heterocycles. The zero-order valence-corrected chi connectivity index (χ0v) is 20.1. The van der Waals surface area contributed by atoms with Crippen LogP contribution in [-0.4, -0.2) is 62.7 Å². The van der Waals surface area contributed by atoms with E-state index in [4.69, 9.17) is 0 Å². The van der Waals surface area contributed by atoms with Crippen LogP contribution in [0.1, 0.15) is 30.1 Å². The van der Waals surface area contributed by atoms with Gasteiger partial charge in [0, 0.05) is 25.2 Å². The van der Waals surface area contributed by atoms with E-state index in [0.717, 1.165) is 46.9 Å². The number of piperidine rings is 1. The second kappa shape index (κ2) is 9.79. The molecule has 0 radical (unpaired) electrons. The number of halogens is 7. The van der Waals surface area contributed by atoms with Crippen LogP contribution in [0.3, 0.4) is 0 Å². The molecule has 1 saturated heterocycles. The van der Waals surface area contributed by atoms with Crippen LogP contribution in [0.25, 0.3) is 16.7 Å². The first-order chi connectivity index (χ1) is 18.1. The molecule has 3 aromatic rings. The molecule has 2 aromatic heterocycles. The van der Waals surface area contributed by atoms with Gasteiger partial charge in [0.1, 0.15) is 29.1 Å². The average molecular weight is 562 g/mol. The van der Waals surface area contributed by atoms with Crippen molar-refractivity contribution in [3.8, 4) is 5.69 Å². The van der Waals surface area contributed by atoms with E-state index in [0.29, 0.717) is 6.07 Å². The normalized spacial score (nSPS) is 17.7. The minimum absolute atomic E-state index is 0.186. The van der Waals surface area contributed by atoms with Gasteiger partial charge in [-0.05, 0) is 30.7 Å². The molecule has 3 N–H and O–H groups in total. The number of alkyl halides is 5. The summed E-state index contributed by atoms with van der Waals surface area (Å²) in [5.41, 5.74) is -2.71. The van der Waals surface area contributed by atoms with Crippen LogP contribution >= 0.6 is 0 Å². The molecule has 0 bridgehead atoms. The predicted octanol–water partition coefficient (Wildman–Crippen LogP) is 3.26. The fraction of sp³-hybridized carbons (Fsp3) is 0.375. The van der Waals surface area contributed by atoms with Crippen molar-refractivity contribution in [1.29, 1.82) is 0 Å². The first-order valence-electron chi connectivity index (χ1n) is 11.5.